The smallest absolute Gasteiger partial charge is 0.355 e. The van der Waals surface area contributed by atoms with E-state index in [1.54, 1.807) is 18.5 Å². The number of carbonyl (C=O) groups excluding carboxylic acids is 1. The normalized spacial score (nSPS) is 12.2. The highest BCUT2D eigenvalue weighted by atomic mass is 32.1. The Morgan fingerprint density at radius 1 is 1.53 bits per heavy atom. The first-order valence-electron chi connectivity index (χ1n) is 4.70. The fraction of sp³-hybridized carbons (Fsp3) is 0.100. The van der Waals surface area contributed by atoms with Crippen molar-refractivity contribution >= 4 is 23.2 Å². The number of hydrogen-bond donors (Lipinski definition) is 3. The number of rotatable bonds is 4. The van der Waals surface area contributed by atoms with Gasteiger partial charge in [0.1, 0.15) is 10.9 Å². The van der Waals surface area contributed by atoms with Crippen molar-refractivity contribution in [2.24, 2.45) is 5.73 Å². The molecule has 4 N–H and O–H groups in total. The first-order valence-corrected chi connectivity index (χ1v) is 5.58. The van der Waals surface area contributed by atoms with Gasteiger partial charge in [0, 0.05) is 17.8 Å². The van der Waals surface area contributed by atoms with E-state index in [1.165, 1.54) is 5.38 Å². The number of aromatic nitrogens is 2. The maximum Gasteiger partial charge on any atom is 0.355 e. The summed E-state index contributed by atoms with van der Waals surface area (Å²) in [6.45, 7) is 0. The number of nitrogens with one attached hydrogen (secondary N) is 1. The van der Waals surface area contributed by atoms with Gasteiger partial charge < -0.3 is 15.8 Å². The van der Waals surface area contributed by atoms with Gasteiger partial charge in [-0.05, 0) is 11.6 Å². The van der Waals surface area contributed by atoms with E-state index in [2.05, 4.69) is 9.97 Å². The lowest BCUT2D eigenvalue weighted by molar-refractivity contribution is -0.118. The van der Waals surface area contributed by atoms with Crippen LogP contribution in [0.25, 0.3) is 0 Å². The maximum atomic E-state index is 11.4. The number of aromatic carboxylic acids is 1. The number of aromatic amines is 1. The number of hydrogen-bond acceptors (Lipinski definition) is 4. The fourth-order valence-electron chi connectivity index (χ4n) is 1.46. The first-order chi connectivity index (χ1) is 8.09. The average Bonchev–Trinajstić information content (AvgIpc) is 2.88. The number of H-pyrrole nitrogens is 1. The number of nitrogens with zero attached hydrogens (tertiary/aromatic N) is 1. The third-order valence-corrected chi connectivity index (χ3v) is 3.14. The highest BCUT2D eigenvalue weighted by Gasteiger charge is 2.25. The van der Waals surface area contributed by atoms with Crippen LogP contribution in [0.3, 0.4) is 0 Å². The summed E-state index contributed by atoms with van der Waals surface area (Å²) in [5.41, 5.74) is 5.90. The summed E-state index contributed by atoms with van der Waals surface area (Å²) in [4.78, 5) is 28.8. The summed E-state index contributed by atoms with van der Waals surface area (Å²) in [6, 6.07) is 1.71. The van der Waals surface area contributed by atoms with Crippen LogP contribution in [-0.2, 0) is 4.79 Å². The van der Waals surface area contributed by atoms with E-state index in [-0.39, 0.29) is 5.69 Å². The minimum Gasteiger partial charge on any atom is -0.476 e. The standard InChI is InChI=1S/C10H9N3O3S/c11-8(14)7(5-1-2-12-3-5)9-13-6(4-17-9)10(15)16/h1-4,7,12H,(H2,11,14)(H,15,16). The topological polar surface area (TPSA) is 109 Å². The molecule has 0 spiro atoms. The zero-order valence-corrected chi connectivity index (χ0v) is 9.40. The molecule has 2 aromatic heterocycles. The van der Waals surface area contributed by atoms with Crippen LogP contribution < -0.4 is 5.73 Å². The second-order valence-electron chi connectivity index (χ2n) is 3.36. The van der Waals surface area contributed by atoms with Crippen LogP contribution in [0, 0.1) is 0 Å². The molecular formula is C10H9N3O3S. The van der Waals surface area contributed by atoms with Crippen LogP contribution in [-0.4, -0.2) is 27.0 Å². The molecule has 0 saturated carbocycles. The van der Waals surface area contributed by atoms with E-state index in [0.29, 0.717) is 10.6 Å². The van der Waals surface area contributed by atoms with Crippen molar-refractivity contribution in [1.29, 1.82) is 0 Å². The molecule has 0 bridgehead atoms. The van der Waals surface area contributed by atoms with E-state index < -0.39 is 17.8 Å². The second kappa shape index (κ2) is 4.38. The Balaban J connectivity index is 2.40. The molecule has 2 heterocycles. The molecule has 0 aromatic carbocycles. The molecule has 1 amide bonds. The third-order valence-electron chi connectivity index (χ3n) is 2.23. The van der Waals surface area contributed by atoms with Gasteiger partial charge in [0.15, 0.2) is 5.69 Å². The summed E-state index contributed by atoms with van der Waals surface area (Å²) < 4.78 is 0. The molecule has 0 aliphatic heterocycles. The summed E-state index contributed by atoms with van der Waals surface area (Å²) in [5.74, 6) is -2.39. The van der Waals surface area contributed by atoms with Gasteiger partial charge in [0.25, 0.3) is 0 Å². The van der Waals surface area contributed by atoms with Crippen molar-refractivity contribution in [1.82, 2.24) is 9.97 Å². The van der Waals surface area contributed by atoms with Gasteiger partial charge in [-0.3, -0.25) is 4.79 Å². The van der Waals surface area contributed by atoms with Crippen LogP contribution in [0.1, 0.15) is 27.0 Å². The summed E-state index contributed by atoms with van der Waals surface area (Å²) in [7, 11) is 0. The largest absolute Gasteiger partial charge is 0.476 e. The Hall–Kier alpha value is -2.15. The van der Waals surface area contributed by atoms with E-state index in [9.17, 15) is 9.59 Å². The Kier molecular flexibility index (Phi) is 2.92. The number of primary amides is 1. The predicted octanol–water partition coefficient (Wildman–Crippen LogP) is 0.787. The number of amides is 1. The Morgan fingerprint density at radius 3 is 2.76 bits per heavy atom. The maximum absolute atomic E-state index is 11.4. The van der Waals surface area contributed by atoms with Crippen molar-refractivity contribution in [3.63, 3.8) is 0 Å². The number of carboxylic acid groups (broad SMARTS) is 1. The minimum absolute atomic E-state index is 0.0771. The van der Waals surface area contributed by atoms with E-state index in [4.69, 9.17) is 10.8 Å². The molecule has 88 valence electrons. The molecule has 0 fully saturated rings. The van der Waals surface area contributed by atoms with Crippen LogP contribution in [0.4, 0.5) is 0 Å². The van der Waals surface area contributed by atoms with Crippen molar-refractivity contribution in [2.45, 2.75) is 5.92 Å². The van der Waals surface area contributed by atoms with Crippen LogP contribution in [0.2, 0.25) is 0 Å². The van der Waals surface area contributed by atoms with E-state index in [0.717, 1.165) is 11.3 Å². The van der Waals surface area contributed by atoms with Gasteiger partial charge >= 0.3 is 5.97 Å². The zero-order chi connectivity index (χ0) is 12.4. The average molecular weight is 251 g/mol. The van der Waals surface area contributed by atoms with Gasteiger partial charge in [0.05, 0.1) is 0 Å². The molecular weight excluding hydrogens is 242 g/mol. The zero-order valence-electron chi connectivity index (χ0n) is 8.58. The molecule has 17 heavy (non-hydrogen) atoms. The third kappa shape index (κ3) is 2.18. The van der Waals surface area contributed by atoms with Crippen LogP contribution >= 0.6 is 11.3 Å². The Morgan fingerprint density at radius 2 is 2.29 bits per heavy atom. The summed E-state index contributed by atoms with van der Waals surface area (Å²) in [6.07, 6.45) is 3.30. The Bertz CT molecular complexity index is 547. The first kappa shape index (κ1) is 11.3. The SMILES string of the molecule is NC(=O)C(c1cc[nH]c1)c1nc(C(=O)O)cs1. The van der Waals surface area contributed by atoms with Gasteiger partial charge in [-0.25, -0.2) is 9.78 Å². The highest BCUT2D eigenvalue weighted by Crippen LogP contribution is 2.26. The Labute approximate surface area is 100 Å². The van der Waals surface area contributed by atoms with Gasteiger partial charge in [-0.15, -0.1) is 11.3 Å². The second-order valence-corrected chi connectivity index (χ2v) is 4.25. The van der Waals surface area contributed by atoms with E-state index in [1.807, 2.05) is 0 Å². The number of carboxylic acids is 1. The van der Waals surface area contributed by atoms with Crippen molar-refractivity contribution in [3.8, 4) is 0 Å². The molecule has 0 radical (unpaired) electrons. The molecule has 2 rings (SSSR count). The van der Waals surface area contributed by atoms with Gasteiger partial charge in [0.2, 0.25) is 5.91 Å². The quantitative estimate of drug-likeness (QED) is 0.746. The van der Waals surface area contributed by atoms with Crippen LogP contribution in [0.5, 0.6) is 0 Å². The molecule has 0 aliphatic carbocycles. The summed E-state index contributed by atoms with van der Waals surface area (Å²) >= 11 is 1.11. The molecule has 1 unspecified atom stereocenters. The summed E-state index contributed by atoms with van der Waals surface area (Å²) in [5, 5.41) is 10.5. The molecule has 6 nitrogen and oxygen atoms in total. The molecule has 1 atom stereocenters. The lowest BCUT2D eigenvalue weighted by atomic mass is 10.0. The van der Waals surface area contributed by atoms with Gasteiger partial charge in [-0.1, -0.05) is 0 Å². The minimum atomic E-state index is -1.12. The molecule has 0 saturated heterocycles. The highest BCUT2D eigenvalue weighted by molar-refractivity contribution is 7.10. The number of thiazole rings is 1. The van der Waals surface area contributed by atoms with Gasteiger partial charge in [-0.2, -0.15) is 0 Å². The monoisotopic (exact) mass is 251 g/mol. The lowest BCUT2D eigenvalue weighted by Crippen LogP contribution is -2.22. The molecule has 0 aliphatic rings. The number of carbonyl (C=O) groups is 2. The van der Waals surface area contributed by atoms with Crippen molar-refractivity contribution < 1.29 is 14.7 Å². The molecule has 2 aromatic rings. The van der Waals surface area contributed by atoms with Crippen LogP contribution in [0.15, 0.2) is 23.8 Å². The van der Waals surface area contributed by atoms with Crippen molar-refractivity contribution in [3.05, 3.63) is 40.1 Å². The lowest BCUT2D eigenvalue weighted by Gasteiger charge is -2.07. The molecule has 7 heteroatoms. The van der Waals surface area contributed by atoms with Crippen molar-refractivity contribution in [2.75, 3.05) is 0 Å². The van der Waals surface area contributed by atoms with E-state index >= 15 is 0 Å². The fourth-order valence-corrected chi connectivity index (χ4v) is 2.39. The predicted molar refractivity (Wildman–Crippen MR) is 60.9 cm³/mol. The number of nitrogens with two attached hydrogens (primary N) is 1.